The number of ether oxygens (including phenoxy) is 1. The monoisotopic (exact) mass is 307 g/mol. The van der Waals surface area contributed by atoms with Crippen molar-refractivity contribution in [2.75, 3.05) is 18.6 Å². The molecule has 1 aromatic carbocycles. The third-order valence-electron chi connectivity index (χ3n) is 3.36. The van der Waals surface area contributed by atoms with Gasteiger partial charge in [0.05, 0.1) is 6.61 Å². The molecule has 4 nitrogen and oxygen atoms in total. The zero-order valence-electron chi connectivity index (χ0n) is 12.1. The number of carbonyl (C=O) groups is 2. The van der Waals surface area contributed by atoms with Crippen molar-refractivity contribution in [3.8, 4) is 0 Å². The molecule has 1 aliphatic carbocycles. The Balaban J connectivity index is 2.08. The molecule has 1 fully saturated rings. The summed E-state index contributed by atoms with van der Waals surface area (Å²) in [5, 5.41) is 0.740. The fourth-order valence-corrected chi connectivity index (χ4v) is 2.29. The highest BCUT2D eigenvalue weighted by Gasteiger charge is 2.26. The second-order valence-electron chi connectivity index (χ2n) is 4.96. The lowest BCUT2D eigenvalue weighted by Crippen LogP contribution is -2.24. The molecule has 0 atom stereocenters. The molecule has 0 N–H and O–H groups in total. The van der Waals surface area contributed by atoms with E-state index in [0.717, 1.165) is 35.2 Å². The van der Waals surface area contributed by atoms with Crippen LogP contribution in [0.25, 0.3) is 0 Å². The van der Waals surface area contributed by atoms with E-state index in [2.05, 4.69) is 0 Å². The van der Waals surface area contributed by atoms with Crippen LogP contribution >= 0.6 is 11.6 Å². The number of rotatable bonds is 5. The maximum atomic E-state index is 12.0. The van der Waals surface area contributed by atoms with E-state index in [4.69, 9.17) is 16.3 Å². The van der Waals surface area contributed by atoms with Crippen molar-refractivity contribution in [3.05, 3.63) is 40.9 Å². The average Bonchev–Trinajstić information content (AvgIpc) is 3.29. The van der Waals surface area contributed by atoms with Gasteiger partial charge in [0.1, 0.15) is 0 Å². The second kappa shape index (κ2) is 6.76. The Morgan fingerprint density at radius 1 is 1.38 bits per heavy atom. The number of carbonyl (C=O) groups excluding carboxylic acids is 2. The van der Waals surface area contributed by atoms with E-state index in [9.17, 15) is 9.59 Å². The number of hydrogen-bond acceptors (Lipinski definition) is 3. The van der Waals surface area contributed by atoms with Crippen molar-refractivity contribution in [1.82, 2.24) is 0 Å². The third kappa shape index (κ3) is 4.08. The van der Waals surface area contributed by atoms with Gasteiger partial charge in [0.15, 0.2) is 0 Å². The molecular weight excluding hydrogens is 290 g/mol. The summed E-state index contributed by atoms with van der Waals surface area (Å²) in [5.74, 6) is -0.294. The van der Waals surface area contributed by atoms with Gasteiger partial charge in [-0.25, -0.2) is 4.79 Å². The Morgan fingerprint density at radius 2 is 2.10 bits per heavy atom. The van der Waals surface area contributed by atoms with Gasteiger partial charge in [-0.1, -0.05) is 11.6 Å². The van der Waals surface area contributed by atoms with Crippen molar-refractivity contribution in [2.45, 2.75) is 25.7 Å². The fourth-order valence-electron chi connectivity index (χ4n) is 2.02. The highest BCUT2D eigenvalue weighted by molar-refractivity contribution is 6.31. The van der Waals surface area contributed by atoms with Crippen LogP contribution in [0.3, 0.4) is 0 Å². The molecule has 1 aromatic rings. The average molecular weight is 308 g/mol. The van der Waals surface area contributed by atoms with Crippen LogP contribution in [0, 0.1) is 0 Å². The molecule has 1 amide bonds. The van der Waals surface area contributed by atoms with Crippen molar-refractivity contribution in [2.24, 2.45) is 0 Å². The summed E-state index contributed by atoms with van der Waals surface area (Å²) in [5.41, 5.74) is 1.85. The van der Waals surface area contributed by atoms with Gasteiger partial charge in [-0.2, -0.15) is 0 Å². The summed E-state index contributed by atoms with van der Waals surface area (Å²) in [6, 6.07) is 5.55. The van der Waals surface area contributed by atoms with Gasteiger partial charge < -0.3 is 9.64 Å². The molecule has 2 rings (SSSR count). The molecule has 0 aliphatic heterocycles. The minimum atomic E-state index is -0.519. The maximum absolute atomic E-state index is 12.0. The van der Waals surface area contributed by atoms with Crippen LogP contribution < -0.4 is 4.90 Å². The zero-order valence-corrected chi connectivity index (χ0v) is 12.9. The highest BCUT2D eigenvalue weighted by atomic mass is 35.5. The largest absolute Gasteiger partial charge is 0.463 e. The van der Waals surface area contributed by atoms with E-state index < -0.39 is 5.97 Å². The van der Waals surface area contributed by atoms with Crippen molar-refractivity contribution < 1.29 is 14.3 Å². The molecule has 0 unspecified atom stereocenters. The summed E-state index contributed by atoms with van der Waals surface area (Å²) >= 11 is 6.17. The van der Waals surface area contributed by atoms with Crippen LogP contribution in [0.2, 0.25) is 5.02 Å². The lowest BCUT2D eigenvalue weighted by Gasteiger charge is -2.17. The zero-order chi connectivity index (χ0) is 15.4. The second-order valence-corrected chi connectivity index (χ2v) is 5.37. The van der Waals surface area contributed by atoms with E-state index in [-0.39, 0.29) is 12.5 Å². The first-order chi connectivity index (χ1) is 10.0. The molecule has 0 bridgehead atoms. The molecule has 0 spiro atoms. The van der Waals surface area contributed by atoms with E-state index in [0.29, 0.717) is 5.92 Å². The molecule has 0 heterocycles. The molecule has 5 heteroatoms. The maximum Gasteiger partial charge on any atom is 0.330 e. The van der Waals surface area contributed by atoms with Gasteiger partial charge in [-0.15, -0.1) is 0 Å². The first-order valence-corrected chi connectivity index (χ1v) is 7.32. The summed E-state index contributed by atoms with van der Waals surface area (Å²) in [6.45, 7) is 2.00. The third-order valence-corrected chi connectivity index (χ3v) is 3.71. The molecule has 1 aliphatic rings. The van der Waals surface area contributed by atoms with Gasteiger partial charge in [0.25, 0.3) is 5.91 Å². The van der Waals surface area contributed by atoms with Crippen LogP contribution in [0.1, 0.15) is 31.2 Å². The van der Waals surface area contributed by atoms with E-state index >= 15 is 0 Å². The molecule has 0 radical (unpaired) electrons. The Bertz CT molecular complexity index is 579. The Labute approximate surface area is 129 Å². The number of amides is 1. The Hall–Kier alpha value is -1.81. The number of hydrogen-bond donors (Lipinski definition) is 0. The number of halogens is 1. The van der Waals surface area contributed by atoms with Gasteiger partial charge >= 0.3 is 5.97 Å². The molecule has 0 saturated heterocycles. The Kier molecular flexibility index (Phi) is 5.02. The number of anilines is 1. The van der Waals surface area contributed by atoms with E-state index in [1.54, 1.807) is 20.0 Å². The topological polar surface area (TPSA) is 46.6 Å². The van der Waals surface area contributed by atoms with Crippen LogP contribution in [0.15, 0.2) is 30.4 Å². The van der Waals surface area contributed by atoms with Crippen molar-refractivity contribution in [1.29, 1.82) is 0 Å². The predicted molar refractivity (Wildman–Crippen MR) is 82.6 cm³/mol. The lowest BCUT2D eigenvalue weighted by atomic mass is 10.1. The molecular formula is C16H18ClNO3. The number of likely N-dealkylation sites (N-methyl/N-ethyl adjacent to an activating group) is 1. The standard InChI is InChI=1S/C16H18ClNO3/c1-3-21-16(20)9-8-15(19)18(2)12-6-7-14(17)13(10-12)11-4-5-11/h6-11H,3-5H2,1-2H3/b9-8+. The van der Waals surface area contributed by atoms with Crippen molar-refractivity contribution >= 4 is 29.2 Å². The fraction of sp³-hybridized carbons (Fsp3) is 0.375. The summed E-state index contributed by atoms with van der Waals surface area (Å²) in [6.07, 6.45) is 4.64. The highest BCUT2D eigenvalue weighted by Crippen LogP contribution is 2.44. The van der Waals surface area contributed by atoms with Crippen LogP contribution in [-0.2, 0) is 14.3 Å². The van der Waals surface area contributed by atoms with Crippen LogP contribution in [-0.4, -0.2) is 25.5 Å². The quantitative estimate of drug-likeness (QED) is 0.619. The van der Waals surface area contributed by atoms with Crippen LogP contribution in [0.4, 0.5) is 5.69 Å². The first kappa shape index (κ1) is 15.6. The van der Waals surface area contributed by atoms with Crippen molar-refractivity contribution in [3.63, 3.8) is 0 Å². The molecule has 112 valence electrons. The summed E-state index contributed by atoms with van der Waals surface area (Å²) in [7, 11) is 1.66. The van der Waals surface area contributed by atoms with Gasteiger partial charge in [0.2, 0.25) is 0 Å². The summed E-state index contributed by atoms with van der Waals surface area (Å²) in [4.78, 5) is 24.7. The summed E-state index contributed by atoms with van der Waals surface area (Å²) < 4.78 is 4.74. The predicted octanol–water partition coefficient (Wildman–Crippen LogP) is 3.30. The molecule has 21 heavy (non-hydrogen) atoms. The lowest BCUT2D eigenvalue weighted by molar-refractivity contribution is -0.137. The van der Waals surface area contributed by atoms with E-state index in [1.165, 1.54) is 11.0 Å². The smallest absolute Gasteiger partial charge is 0.330 e. The minimum absolute atomic E-state index is 0.285. The number of nitrogens with zero attached hydrogens (tertiary/aromatic N) is 1. The van der Waals surface area contributed by atoms with E-state index in [1.807, 2.05) is 12.1 Å². The number of benzene rings is 1. The Morgan fingerprint density at radius 3 is 2.71 bits per heavy atom. The van der Waals surface area contributed by atoms with Gasteiger partial charge in [-0.3, -0.25) is 4.79 Å². The molecule has 1 saturated carbocycles. The SMILES string of the molecule is CCOC(=O)/C=C/C(=O)N(C)c1ccc(Cl)c(C2CC2)c1. The minimum Gasteiger partial charge on any atom is -0.463 e. The first-order valence-electron chi connectivity index (χ1n) is 6.95. The van der Waals surface area contributed by atoms with Crippen LogP contribution in [0.5, 0.6) is 0 Å². The number of esters is 1. The molecule has 0 aromatic heterocycles. The van der Waals surface area contributed by atoms with Gasteiger partial charge in [0, 0.05) is 29.9 Å². The van der Waals surface area contributed by atoms with Gasteiger partial charge in [-0.05, 0) is 49.4 Å². The normalized spacial score (nSPS) is 14.2.